The second-order valence-corrected chi connectivity index (χ2v) is 6.99. The number of nitrogens with one attached hydrogen (secondary N) is 2. The first-order valence-corrected chi connectivity index (χ1v) is 10.1. The standard InChI is InChI=1S/C21H25BrN2O4/c1-3-5-11-27-17-8-6-7-16(13-17)21(26)24-23-20(25)14-28-19-10-9-15(4-2)12-18(19)22/h6-10,12-13H,3-5,11,14H2,1-2H3,(H,23,25)(H,24,26). The van der Waals surface area contributed by atoms with Gasteiger partial charge in [-0.25, -0.2) is 0 Å². The first kappa shape index (κ1) is 21.8. The van der Waals surface area contributed by atoms with Gasteiger partial charge in [0.2, 0.25) is 0 Å². The summed E-state index contributed by atoms with van der Waals surface area (Å²) in [6, 6.07) is 12.5. The van der Waals surface area contributed by atoms with E-state index in [1.54, 1.807) is 30.3 Å². The highest BCUT2D eigenvalue weighted by Crippen LogP contribution is 2.26. The zero-order chi connectivity index (χ0) is 20.4. The number of carbonyl (C=O) groups is 2. The lowest BCUT2D eigenvalue weighted by Crippen LogP contribution is -2.43. The molecule has 2 rings (SSSR count). The van der Waals surface area contributed by atoms with Gasteiger partial charge in [0.25, 0.3) is 11.8 Å². The largest absolute Gasteiger partial charge is 0.494 e. The summed E-state index contributed by atoms with van der Waals surface area (Å²) in [5.41, 5.74) is 6.28. The number of benzene rings is 2. The number of rotatable bonds is 9. The van der Waals surface area contributed by atoms with Crippen LogP contribution in [0.1, 0.15) is 42.6 Å². The van der Waals surface area contributed by atoms with Crippen molar-refractivity contribution in [2.45, 2.75) is 33.1 Å². The summed E-state index contributed by atoms with van der Waals surface area (Å²) in [4.78, 5) is 24.1. The van der Waals surface area contributed by atoms with Gasteiger partial charge in [-0.2, -0.15) is 0 Å². The highest BCUT2D eigenvalue weighted by atomic mass is 79.9. The molecule has 0 radical (unpaired) electrons. The summed E-state index contributed by atoms with van der Waals surface area (Å²) < 4.78 is 11.8. The summed E-state index contributed by atoms with van der Waals surface area (Å²) >= 11 is 3.42. The predicted octanol–water partition coefficient (Wildman–Crippen LogP) is 4.03. The normalized spacial score (nSPS) is 10.2. The van der Waals surface area contributed by atoms with E-state index in [4.69, 9.17) is 9.47 Å². The molecule has 28 heavy (non-hydrogen) atoms. The zero-order valence-corrected chi connectivity index (χ0v) is 17.7. The Bertz CT molecular complexity index is 811. The van der Waals surface area contributed by atoms with Crippen LogP contribution in [0.2, 0.25) is 0 Å². The van der Waals surface area contributed by atoms with E-state index < -0.39 is 11.8 Å². The monoisotopic (exact) mass is 448 g/mol. The van der Waals surface area contributed by atoms with Gasteiger partial charge in [-0.15, -0.1) is 0 Å². The molecule has 0 bridgehead atoms. The maximum Gasteiger partial charge on any atom is 0.276 e. The molecule has 150 valence electrons. The van der Waals surface area contributed by atoms with E-state index in [-0.39, 0.29) is 6.61 Å². The van der Waals surface area contributed by atoms with Gasteiger partial charge in [-0.3, -0.25) is 20.4 Å². The maximum absolute atomic E-state index is 12.2. The fraction of sp³-hybridized carbons (Fsp3) is 0.333. The molecule has 0 saturated carbocycles. The summed E-state index contributed by atoms with van der Waals surface area (Å²) in [6.07, 6.45) is 2.90. The smallest absolute Gasteiger partial charge is 0.276 e. The minimum atomic E-state index is -0.463. The van der Waals surface area contributed by atoms with E-state index in [1.165, 1.54) is 0 Å². The number of hydrogen-bond acceptors (Lipinski definition) is 4. The quantitative estimate of drug-likeness (QED) is 0.448. The molecule has 0 spiro atoms. The van der Waals surface area contributed by atoms with Crippen molar-refractivity contribution in [1.82, 2.24) is 10.9 Å². The lowest BCUT2D eigenvalue weighted by atomic mass is 10.2. The SMILES string of the molecule is CCCCOc1cccc(C(=O)NNC(=O)COc2ccc(CC)cc2Br)c1. The Morgan fingerprint density at radius 2 is 1.86 bits per heavy atom. The van der Waals surface area contributed by atoms with Crippen LogP contribution in [0.5, 0.6) is 11.5 Å². The molecule has 0 aliphatic carbocycles. The summed E-state index contributed by atoms with van der Waals surface area (Å²) in [6.45, 7) is 4.53. The van der Waals surface area contributed by atoms with Gasteiger partial charge < -0.3 is 9.47 Å². The molecule has 0 saturated heterocycles. The van der Waals surface area contributed by atoms with Crippen LogP contribution < -0.4 is 20.3 Å². The van der Waals surface area contributed by atoms with Crippen molar-refractivity contribution in [1.29, 1.82) is 0 Å². The average molecular weight is 449 g/mol. The molecule has 0 fully saturated rings. The lowest BCUT2D eigenvalue weighted by molar-refractivity contribution is -0.123. The third-order valence-corrected chi connectivity index (χ3v) is 4.56. The number of hydrazine groups is 1. The number of amides is 2. The van der Waals surface area contributed by atoms with Crippen LogP contribution >= 0.6 is 15.9 Å². The summed E-state index contributed by atoms with van der Waals surface area (Å²) in [5.74, 6) is 0.296. The van der Waals surface area contributed by atoms with Crippen molar-refractivity contribution in [3.05, 3.63) is 58.1 Å². The van der Waals surface area contributed by atoms with E-state index in [9.17, 15) is 9.59 Å². The molecule has 0 aromatic heterocycles. The number of unbranched alkanes of at least 4 members (excludes halogenated alkanes) is 1. The van der Waals surface area contributed by atoms with E-state index in [1.807, 2.05) is 12.1 Å². The summed E-state index contributed by atoms with van der Waals surface area (Å²) in [5, 5.41) is 0. The minimum absolute atomic E-state index is 0.218. The highest BCUT2D eigenvalue weighted by molar-refractivity contribution is 9.10. The average Bonchev–Trinajstić information content (AvgIpc) is 2.71. The molecule has 2 aromatic rings. The fourth-order valence-corrected chi connectivity index (χ4v) is 2.86. The molecule has 0 atom stereocenters. The van der Waals surface area contributed by atoms with Crippen LogP contribution in [-0.2, 0) is 11.2 Å². The Morgan fingerprint density at radius 3 is 2.57 bits per heavy atom. The fourth-order valence-electron chi connectivity index (χ4n) is 2.32. The van der Waals surface area contributed by atoms with Gasteiger partial charge in [0.1, 0.15) is 11.5 Å². The van der Waals surface area contributed by atoms with Crippen LogP contribution in [0.25, 0.3) is 0 Å². The van der Waals surface area contributed by atoms with Gasteiger partial charge in [0.05, 0.1) is 11.1 Å². The first-order chi connectivity index (χ1) is 13.5. The topological polar surface area (TPSA) is 76.7 Å². The molecule has 0 heterocycles. The number of aryl methyl sites for hydroxylation is 1. The van der Waals surface area contributed by atoms with Crippen LogP contribution in [0.4, 0.5) is 0 Å². The molecule has 2 aromatic carbocycles. The van der Waals surface area contributed by atoms with Crippen molar-refractivity contribution >= 4 is 27.7 Å². The Balaban J connectivity index is 1.80. The molecule has 2 N–H and O–H groups in total. The maximum atomic E-state index is 12.2. The molecule has 6 nitrogen and oxygen atoms in total. The van der Waals surface area contributed by atoms with Crippen molar-refractivity contribution in [3.63, 3.8) is 0 Å². The molecule has 0 aliphatic rings. The van der Waals surface area contributed by atoms with Gasteiger partial charge in [0.15, 0.2) is 6.61 Å². The van der Waals surface area contributed by atoms with Crippen molar-refractivity contribution in [3.8, 4) is 11.5 Å². The molecular weight excluding hydrogens is 424 g/mol. The number of halogens is 1. The molecular formula is C21H25BrN2O4. The molecule has 0 unspecified atom stereocenters. The first-order valence-electron chi connectivity index (χ1n) is 9.26. The van der Waals surface area contributed by atoms with Gasteiger partial charge >= 0.3 is 0 Å². The Kier molecular flexibility index (Phi) is 8.81. The van der Waals surface area contributed by atoms with Gasteiger partial charge in [-0.1, -0.05) is 32.4 Å². The van der Waals surface area contributed by atoms with Crippen LogP contribution in [-0.4, -0.2) is 25.0 Å². The van der Waals surface area contributed by atoms with Gasteiger partial charge in [-0.05, 0) is 64.7 Å². The van der Waals surface area contributed by atoms with Crippen LogP contribution in [0.3, 0.4) is 0 Å². The molecule has 2 amide bonds. The predicted molar refractivity (Wildman–Crippen MR) is 111 cm³/mol. The second kappa shape index (κ2) is 11.3. The Hall–Kier alpha value is -2.54. The van der Waals surface area contributed by atoms with E-state index >= 15 is 0 Å². The third-order valence-electron chi connectivity index (χ3n) is 3.94. The molecule has 0 aliphatic heterocycles. The summed E-state index contributed by atoms with van der Waals surface area (Å²) in [7, 11) is 0. The third kappa shape index (κ3) is 6.88. The van der Waals surface area contributed by atoms with Gasteiger partial charge in [0, 0.05) is 5.56 Å². The van der Waals surface area contributed by atoms with E-state index in [2.05, 4.69) is 40.6 Å². The second-order valence-electron chi connectivity index (χ2n) is 6.14. The zero-order valence-electron chi connectivity index (χ0n) is 16.1. The number of ether oxygens (including phenoxy) is 2. The van der Waals surface area contributed by atoms with Crippen molar-refractivity contribution in [2.24, 2.45) is 0 Å². The Morgan fingerprint density at radius 1 is 1.04 bits per heavy atom. The van der Waals surface area contributed by atoms with E-state index in [0.717, 1.165) is 29.3 Å². The van der Waals surface area contributed by atoms with Crippen molar-refractivity contribution in [2.75, 3.05) is 13.2 Å². The molecule has 7 heteroatoms. The lowest BCUT2D eigenvalue weighted by Gasteiger charge is -2.11. The minimum Gasteiger partial charge on any atom is -0.494 e. The number of hydrogen-bond donors (Lipinski definition) is 2. The highest BCUT2D eigenvalue weighted by Gasteiger charge is 2.10. The van der Waals surface area contributed by atoms with Crippen molar-refractivity contribution < 1.29 is 19.1 Å². The van der Waals surface area contributed by atoms with Crippen LogP contribution in [0, 0.1) is 0 Å². The van der Waals surface area contributed by atoms with Crippen LogP contribution in [0.15, 0.2) is 46.9 Å². The Labute approximate surface area is 173 Å². The number of carbonyl (C=O) groups excluding carboxylic acids is 2. The van der Waals surface area contributed by atoms with E-state index in [0.29, 0.717) is 23.7 Å².